The summed E-state index contributed by atoms with van der Waals surface area (Å²) >= 11 is 0. The Hall–Kier alpha value is -2.45. The molecule has 9 heteroatoms. The number of ether oxygens (including phenoxy) is 2. The Balaban J connectivity index is 3.15. The summed E-state index contributed by atoms with van der Waals surface area (Å²) in [5.74, 6) is -11.2. The summed E-state index contributed by atoms with van der Waals surface area (Å²) in [7, 11) is 0. The van der Waals surface area contributed by atoms with Gasteiger partial charge >= 0.3 is 11.9 Å². The fourth-order valence-electron chi connectivity index (χ4n) is 1.49. The minimum atomic E-state index is -2.05. The zero-order chi connectivity index (χ0) is 17.6. The predicted molar refractivity (Wildman–Crippen MR) is 71.2 cm³/mol. The number of carbonyl (C=O) groups excluding carboxylic acids is 2. The normalized spacial score (nSPS) is 11.1. The van der Waals surface area contributed by atoms with E-state index < -0.39 is 46.8 Å². The molecule has 0 saturated heterocycles. The first-order chi connectivity index (χ1) is 10.8. The number of aliphatic imine (C=N–C) groups is 1. The van der Waals surface area contributed by atoms with Crippen molar-refractivity contribution in [1.82, 2.24) is 0 Å². The molecule has 0 aliphatic carbocycles. The second-order valence-corrected chi connectivity index (χ2v) is 4.08. The SMILES string of the molecule is CCOC(=O)C(C=Nc1cc(F)c(F)c(F)c1F)C(=O)OCC. The van der Waals surface area contributed by atoms with Gasteiger partial charge < -0.3 is 9.47 Å². The number of hydrogen-bond acceptors (Lipinski definition) is 5. The first kappa shape index (κ1) is 18.6. The van der Waals surface area contributed by atoms with Gasteiger partial charge in [-0.25, -0.2) is 17.6 Å². The molecule has 1 aromatic rings. The maximum atomic E-state index is 13.5. The van der Waals surface area contributed by atoms with E-state index in [0.29, 0.717) is 6.21 Å². The fourth-order valence-corrected chi connectivity index (χ4v) is 1.49. The molecule has 0 N–H and O–H groups in total. The number of nitrogens with zero attached hydrogens (tertiary/aromatic N) is 1. The largest absolute Gasteiger partial charge is 0.465 e. The summed E-state index contributed by atoms with van der Waals surface area (Å²) < 4.78 is 61.7. The van der Waals surface area contributed by atoms with Crippen molar-refractivity contribution in [2.75, 3.05) is 13.2 Å². The van der Waals surface area contributed by atoms with Crippen LogP contribution in [0.4, 0.5) is 23.2 Å². The summed E-state index contributed by atoms with van der Waals surface area (Å²) in [6.07, 6.45) is 0.616. The molecule has 5 nitrogen and oxygen atoms in total. The zero-order valence-electron chi connectivity index (χ0n) is 12.2. The molecule has 23 heavy (non-hydrogen) atoms. The standard InChI is InChI=1S/C14H13F4NO4/c1-3-22-13(20)7(14(21)23-4-2)6-19-9-5-8(15)10(16)12(18)11(9)17/h5-7H,3-4H2,1-2H3. The molecule has 0 amide bonds. The van der Waals surface area contributed by atoms with Crippen LogP contribution in [0, 0.1) is 29.2 Å². The molecule has 1 aromatic carbocycles. The van der Waals surface area contributed by atoms with Crippen LogP contribution in [-0.2, 0) is 19.1 Å². The summed E-state index contributed by atoms with van der Waals surface area (Å²) in [6.45, 7) is 2.89. The Morgan fingerprint density at radius 3 is 2.04 bits per heavy atom. The minimum Gasteiger partial charge on any atom is -0.465 e. The lowest BCUT2D eigenvalue weighted by atomic mass is 10.1. The number of benzene rings is 1. The molecule has 0 heterocycles. The first-order valence-electron chi connectivity index (χ1n) is 6.53. The van der Waals surface area contributed by atoms with Crippen LogP contribution >= 0.6 is 0 Å². The van der Waals surface area contributed by atoms with Gasteiger partial charge in [0, 0.05) is 12.3 Å². The molecule has 0 spiro atoms. The van der Waals surface area contributed by atoms with Crippen molar-refractivity contribution in [3.8, 4) is 0 Å². The topological polar surface area (TPSA) is 65.0 Å². The number of rotatable bonds is 6. The second kappa shape index (κ2) is 8.25. The van der Waals surface area contributed by atoms with Crippen molar-refractivity contribution in [3.63, 3.8) is 0 Å². The van der Waals surface area contributed by atoms with Crippen LogP contribution in [0.3, 0.4) is 0 Å². The van der Waals surface area contributed by atoms with E-state index in [1.54, 1.807) is 0 Å². The maximum absolute atomic E-state index is 13.5. The number of halogens is 4. The Bertz CT molecular complexity index is 616. The smallest absolute Gasteiger partial charge is 0.325 e. The molecule has 0 atom stereocenters. The molecule has 0 aliphatic heterocycles. The number of esters is 2. The third kappa shape index (κ3) is 4.51. The van der Waals surface area contributed by atoms with Crippen molar-refractivity contribution in [3.05, 3.63) is 29.3 Å². The molecule has 0 aromatic heterocycles. The quantitative estimate of drug-likeness (QED) is 0.200. The molecular weight excluding hydrogens is 322 g/mol. The minimum absolute atomic E-state index is 0.0449. The van der Waals surface area contributed by atoms with E-state index in [1.165, 1.54) is 13.8 Å². The molecule has 1 rings (SSSR count). The Morgan fingerprint density at radius 2 is 1.57 bits per heavy atom. The first-order valence-corrected chi connectivity index (χ1v) is 6.53. The molecule has 0 radical (unpaired) electrons. The molecule has 0 unspecified atom stereocenters. The summed E-state index contributed by atoms with van der Waals surface area (Å²) in [5, 5.41) is 0. The van der Waals surface area contributed by atoms with E-state index in [1.807, 2.05) is 0 Å². The molecule has 0 saturated carbocycles. The Kier molecular flexibility index (Phi) is 6.67. The van der Waals surface area contributed by atoms with Gasteiger partial charge in [-0.1, -0.05) is 0 Å². The molecule has 0 bridgehead atoms. The van der Waals surface area contributed by atoms with Crippen LogP contribution in [-0.4, -0.2) is 31.4 Å². The maximum Gasteiger partial charge on any atom is 0.325 e. The Morgan fingerprint density at radius 1 is 1.04 bits per heavy atom. The van der Waals surface area contributed by atoms with Gasteiger partial charge in [0.2, 0.25) is 0 Å². The summed E-state index contributed by atoms with van der Waals surface area (Å²) in [6, 6.07) is 0.289. The van der Waals surface area contributed by atoms with Gasteiger partial charge in [-0.15, -0.1) is 0 Å². The lowest BCUT2D eigenvalue weighted by Crippen LogP contribution is -2.29. The van der Waals surface area contributed by atoms with Crippen LogP contribution in [0.15, 0.2) is 11.1 Å². The van der Waals surface area contributed by atoms with Crippen LogP contribution in [0.1, 0.15) is 13.8 Å². The average Bonchev–Trinajstić information content (AvgIpc) is 2.50. The van der Waals surface area contributed by atoms with Crippen molar-refractivity contribution < 1.29 is 36.6 Å². The van der Waals surface area contributed by atoms with Gasteiger partial charge in [0.25, 0.3) is 0 Å². The van der Waals surface area contributed by atoms with Crippen LogP contribution < -0.4 is 0 Å². The van der Waals surface area contributed by atoms with Crippen molar-refractivity contribution in [2.45, 2.75) is 13.8 Å². The van der Waals surface area contributed by atoms with Gasteiger partial charge in [-0.05, 0) is 13.8 Å². The zero-order valence-corrected chi connectivity index (χ0v) is 12.2. The highest BCUT2D eigenvalue weighted by atomic mass is 19.2. The molecule has 0 fully saturated rings. The van der Waals surface area contributed by atoms with E-state index in [0.717, 1.165) is 0 Å². The average molecular weight is 335 g/mol. The van der Waals surface area contributed by atoms with E-state index in [4.69, 9.17) is 0 Å². The second-order valence-electron chi connectivity index (χ2n) is 4.08. The lowest BCUT2D eigenvalue weighted by Gasteiger charge is -2.10. The van der Waals surface area contributed by atoms with Gasteiger partial charge in [0.05, 0.1) is 13.2 Å². The van der Waals surface area contributed by atoms with Crippen molar-refractivity contribution >= 4 is 23.8 Å². The van der Waals surface area contributed by atoms with Gasteiger partial charge in [-0.3, -0.25) is 14.6 Å². The molecule has 126 valence electrons. The van der Waals surface area contributed by atoms with Gasteiger partial charge in [0.15, 0.2) is 29.2 Å². The highest BCUT2D eigenvalue weighted by molar-refractivity contribution is 6.09. The molecule has 0 aliphatic rings. The van der Waals surface area contributed by atoms with E-state index in [-0.39, 0.29) is 19.3 Å². The van der Waals surface area contributed by atoms with Crippen molar-refractivity contribution in [2.24, 2.45) is 10.9 Å². The third-order valence-corrected chi connectivity index (χ3v) is 2.53. The number of hydrogen-bond donors (Lipinski definition) is 0. The predicted octanol–water partition coefficient (Wildman–Crippen LogP) is 2.69. The van der Waals surface area contributed by atoms with E-state index in [9.17, 15) is 27.2 Å². The third-order valence-electron chi connectivity index (χ3n) is 2.53. The van der Waals surface area contributed by atoms with Crippen LogP contribution in [0.2, 0.25) is 0 Å². The fraction of sp³-hybridized carbons (Fsp3) is 0.357. The Labute approximate surface area is 128 Å². The van der Waals surface area contributed by atoms with E-state index >= 15 is 0 Å². The van der Waals surface area contributed by atoms with Gasteiger partial charge in [0.1, 0.15) is 5.69 Å². The van der Waals surface area contributed by atoms with E-state index in [2.05, 4.69) is 14.5 Å². The van der Waals surface area contributed by atoms with Gasteiger partial charge in [-0.2, -0.15) is 0 Å². The van der Waals surface area contributed by atoms with Crippen LogP contribution in [0.5, 0.6) is 0 Å². The van der Waals surface area contributed by atoms with Crippen LogP contribution in [0.25, 0.3) is 0 Å². The lowest BCUT2D eigenvalue weighted by molar-refractivity contribution is -0.157. The number of carbonyl (C=O) groups is 2. The summed E-state index contributed by atoms with van der Waals surface area (Å²) in [4.78, 5) is 26.6. The highest BCUT2D eigenvalue weighted by Gasteiger charge is 2.28. The molecular formula is C14H13F4NO4. The monoisotopic (exact) mass is 335 g/mol. The van der Waals surface area contributed by atoms with Crippen molar-refractivity contribution in [1.29, 1.82) is 0 Å². The summed E-state index contributed by atoms with van der Waals surface area (Å²) in [5.41, 5.74) is -0.917. The highest BCUT2D eigenvalue weighted by Crippen LogP contribution is 2.25.